The van der Waals surface area contributed by atoms with Crippen LogP contribution in [0.5, 0.6) is 0 Å². The van der Waals surface area contributed by atoms with E-state index in [9.17, 15) is 9.46 Å². The Morgan fingerprint density at radius 2 is 1.43 bits per heavy atom. The summed E-state index contributed by atoms with van der Waals surface area (Å²) < 4.78 is 17.4. The fourth-order valence-corrected chi connectivity index (χ4v) is 4.02. The summed E-state index contributed by atoms with van der Waals surface area (Å²) in [5.74, 6) is 0.641. The van der Waals surface area contributed by atoms with Crippen LogP contribution in [0.3, 0.4) is 0 Å². The van der Waals surface area contributed by atoms with Crippen molar-refractivity contribution < 1.29 is 43.5 Å². The molecule has 5 heteroatoms. The maximum Gasteiger partial charge on any atom is 1.00 e. The maximum absolute atomic E-state index is 12.1. The van der Waals surface area contributed by atoms with Crippen LogP contribution in [-0.4, -0.2) is 12.8 Å². The number of hydrogen-bond acceptors (Lipinski definition) is 3. The van der Waals surface area contributed by atoms with Crippen molar-refractivity contribution in [1.82, 2.24) is 0 Å². The molecular weight excluding hydrogens is 294 g/mol. The zero-order valence-corrected chi connectivity index (χ0v) is 17.8. The standard InChI is InChI=1S/C16H35O3P.Na/c1-5-9-11-15(7-3)13-19-20(17,18)14-16(8-4)12-10-6-2;/h15-16H,5-14H2,1-4H3,(H,17,18);/q;+1/p-1. The Bertz CT molecular complexity index is 274. The fourth-order valence-electron chi connectivity index (χ4n) is 2.40. The first kappa shape index (κ1) is 24.4. The summed E-state index contributed by atoms with van der Waals surface area (Å²) in [7, 11) is -3.65. The molecule has 0 aromatic rings. The number of unbranched alkanes of at least 4 members (excludes halogenated alkanes) is 2. The molecule has 0 radical (unpaired) electrons. The van der Waals surface area contributed by atoms with E-state index in [1.165, 1.54) is 0 Å². The van der Waals surface area contributed by atoms with E-state index in [-0.39, 0.29) is 41.6 Å². The van der Waals surface area contributed by atoms with Crippen LogP contribution in [0.2, 0.25) is 0 Å². The second-order valence-corrected chi connectivity index (χ2v) is 7.77. The van der Waals surface area contributed by atoms with Gasteiger partial charge in [-0.3, -0.25) is 0 Å². The minimum absolute atomic E-state index is 0. The third-order valence-electron chi connectivity index (χ3n) is 4.08. The van der Waals surface area contributed by atoms with Gasteiger partial charge in [0, 0.05) is 6.16 Å². The molecule has 21 heavy (non-hydrogen) atoms. The topological polar surface area (TPSA) is 49.4 Å². The van der Waals surface area contributed by atoms with Gasteiger partial charge in [-0.1, -0.05) is 66.2 Å². The molecule has 0 N–H and O–H groups in total. The van der Waals surface area contributed by atoms with E-state index in [2.05, 4.69) is 27.7 Å². The van der Waals surface area contributed by atoms with Gasteiger partial charge in [-0.05, 0) is 24.7 Å². The molecule has 0 saturated heterocycles. The predicted molar refractivity (Wildman–Crippen MR) is 85.0 cm³/mol. The van der Waals surface area contributed by atoms with E-state index >= 15 is 0 Å². The summed E-state index contributed by atoms with van der Waals surface area (Å²) in [6.45, 7) is 8.85. The van der Waals surface area contributed by atoms with Crippen LogP contribution in [0.1, 0.15) is 79.1 Å². The molecular formula is C16H34NaO3P. The van der Waals surface area contributed by atoms with Gasteiger partial charge in [0.15, 0.2) is 0 Å². The smallest absolute Gasteiger partial charge is 0.778 e. The van der Waals surface area contributed by atoms with E-state index in [4.69, 9.17) is 4.52 Å². The number of rotatable bonds is 13. The van der Waals surface area contributed by atoms with E-state index in [1.807, 2.05) is 0 Å². The molecule has 0 aliphatic heterocycles. The largest absolute Gasteiger partial charge is 1.00 e. The van der Waals surface area contributed by atoms with Crippen molar-refractivity contribution in [3.05, 3.63) is 0 Å². The van der Waals surface area contributed by atoms with Crippen molar-refractivity contribution in [2.24, 2.45) is 11.8 Å². The van der Waals surface area contributed by atoms with Crippen molar-refractivity contribution in [1.29, 1.82) is 0 Å². The SMILES string of the molecule is CCCCC(CC)COP(=O)([O-])CC(CC)CCCC.[Na+]. The van der Waals surface area contributed by atoms with Gasteiger partial charge >= 0.3 is 29.6 Å². The Labute approximate surface area is 154 Å². The summed E-state index contributed by atoms with van der Waals surface area (Å²) in [5.41, 5.74) is 0. The van der Waals surface area contributed by atoms with Gasteiger partial charge in [-0.15, -0.1) is 0 Å². The summed E-state index contributed by atoms with van der Waals surface area (Å²) >= 11 is 0. The Kier molecular flexibility index (Phi) is 17.1. The van der Waals surface area contributed by atoms with Crippen molar-refractivity contribution in [3.8, 4) is 0 Å². The normalized spacial score (nSPS) is 16.8. The van der Waals surface area contributed by atoms with Crippen LogP contribution < -0.4 is 34.5 Å². The molecule has 0 saturated carbocycles. The van der Waals surface area contributed by atoms with Gasteiger partial charge in [-0.25, -0.2) is 0 Å². The van der Waals surface area contributed by atoms with Crippen LogP contribution in [-0.2, 0) is 9.09 Å². The molecule has 122 valence electrons. The quantitative estimate of drug-likeness (QED) is 0.384. The van der Waals surface area contributed by atoms with Crippen molar-refractivity contribution in [2.45, 2.75) is 79.1 Å². The van der Waals surface area contributed by atoms with Gasteiger partial charge in [0.25, 0.3) is 0 Å². The molecule has 3 atom stereocenters. The van der Waals surface area contributed by atoms with Crippen molar-refractivity contribution in [2.75, 3.05) is 12.8 Å². The zero-order valence-electron chi connectivity index (χ0n) is 14.9. The van der Waals surface area contributed by atoms with E-state index < -0.39 is 7.60 Å². The molecule has 0 heterocycles. The maximum atomic E-state index is 12.1. The molecule has 3 unspecified atom stereocenters. The average molecular weight is 328 g/mol. The predicted octanol–water partition coefficient (Wildman–Crippen LogP) is 1.99. The van der Waals surface area contributed by atoms with Gasteiger partial charge in [0.05, 0.1) is 6.61 Å². The van der Waals surface area contributed by atoms with Crippen LogP contribution >= 0.6 is 7.60 Å². The molecule has 0 rings (SSSR count). The first-order chi connectivity index (χ1) is 9.49. The Morgan fingerprint density at radius 3 is 1.86 bits per heavy atom. The van der Waals surface area contributed by atoms with E-state index in [0.29, 0.717) is 12.5 Å². The van der Waals surface area contributed by atoms with Crippen LogP contribution in [0.25, 0.3) is 0 Å². The molecule has 0 aromatic heterocycles. The molecule has 0 aliphatic carbocycles. The average Bonchev–Trinajstić information content (AvgIpc) is 2.43. The van der Waals surface area contributed by atoms with E-state index in [1.54, 1.807) is 0 Å². The first-order valence-electron chi connectivity index (χ1n) is 8.43. The van der Waals surface area contributed by atoms with Gasteiger partial charge in [0.1, 0.15) is 7.60 Å². The number of hydrogen-bond donors (Lipinski definition) is 0. The summed E-state index contributed by atoms with van der Waals surface area (Å²) in [6, 6.07) is 0. The second-order valence-electron chi connectivity index (χ2n) is 5.92. The van der Waals surface area contributed by atoms with Gasteiger partial charge < -0.3 is 14.0 Å². The Balaban J connectivity index is 0. The summed E-state index contributed by atoms with van der Waals surface area (Å²) in [4.78, 5) is 12.1. The van der Waals surface area contributed by atoms with Crippen LogP contribution in [0, 0.1) is 11.8 Å². The molecule has 0 spiro atoms. The van der Waals surface area contributed by atoms with Crippen LogP contribution in [0.4, 0.5) is 0 Å². The molecule has 0 amide bonds. The monoisotopic (exact) mass is 328 g/mol. The molecule has 0 bridgehead atoms. The Morgan fingerprint density at radius 1 is 0.952 bits per heavy atom. The second kappa shape index (κ2) is 14.7. The van der Waals surface area contributed by atoms with Crippen molar-refractivity contribution in [3.63, 3.8) is 0 Å². The van der Waals surface area contributed by atoms with Gasteiger partial charge in [-0.2, -0.15) is 0 Å². The molecule has 3 nitrogen and oxygen atoms in total. The first-order valence-corrected chi connectivity index (χ1v) is 10.2. The Hall–Kier alpha value is 1.15. The minimum Gasteiger partial charge on any atom is -0.778 e. The molecule has 0 aromatic carbocycles. The minimum atomic E-state index is -3.65. The summed E-state index contributed by atoms with van der Waals surface area (Å²) in [6.07, 6.45) is 8.72. The summed E-state index contributed by atoms with van der Waals surface area (Å²) in [5, 5.41) is 0. The zero-order chi connectivity index (χ0) is 15.4. The van der Waals surface area contributed by atoms with Crippen LogP contribution in [0.15, 0.2) is 0 Å². The molecule has 0 aliphatic rings. The third-order valence-corrected chi connectivity index (χ3v) is 5.58. The third kappa shape index (κ3) is 13.3. The van der Waals surface area contributed by atoms with E-state index in [0.717, 1.165) is 51.4 Å². The van der Waals surface area contributed by atoms with Gasteiger partial charge in [0.2, 0.25) is 0 Å². The van der Waals surface area contributed by atoms with Crippen molar-refractivity contribution >= 4 is 7.60 Å². The molecule has 0 fully saturated rings. The fraction of sp³-hybridized carbons (Fsp3) is 1.00.